The van der Waals surface area contributed by atoms with E-state index in [0.717, 1.165) is 38.7 Å². The van der Waals surface area contributed by atoms with Crippen molar-refractivity contribution in [2.75, 3.05) is 58.9 Å². The Bertz CT molecular complexity index is 617. The number of piperidine rings is 1. The van der Waals surface area contributed by atoms with Gasteiger partial charge >= 0.3 is 0 Å². The third-order valence-corrected chi connectivity index (χ3v) is 6.37. The quantitative estimate of drug-likeness (QED) is 0.570. The van der Waals surface area contributed by atoms with Gasteiger partial charge < -0.3 is 10.6 Å². The molecular weight excluding hydrogens is 348 g/mol. The normalized spacial score (nSPS) is 29.0. The first-order valence-electron chi connectivity index (χ1n) is 11.1. The smallest absolute Gasteiger partial charge is 0.191 e. The second-order valence-corrected chi connectivity index (χ2v) is 8.39. The molecule has 0 spiro atoms. The van der Waals surface area contributed by atoms with Crippen molar-refractivity contribution >= 4 is 5.96 Å². The second kappa shape index (κ2) is 9.72. The number of hydrogen-bond acceptors (Lipinski definition) is 4. The van der Waals surface area contributed by atoms with Crippen LogP contribution in [0.25, 0.3) is 0 Å². The zero-order valence-electron chi connectivity index (χ0n) is 17.3. The Labute approximate surface area is 170 Å². The van der Waals surface area contributed by atoms with Gasteiger partial charge in [0.05, 0.1) is 6.54 Å². The number of nitrogens with one attached hydrogen (secondary N) is 2. The highest BCUT2D eigenvalue weighted by atomic mass is 15.3. The number of benzene rings is 1. The molecule has 4 aliphatic rings. The maximum atomic E-state index is 4.95. The number of fused-ring (bicyclic) bond motifs is 3. The van der Waals surface area contributed by atoms with Crippen LogP contribution in [-0.4, -0.2) is 91.6 Å². The van der Waals surface area contributed by atoms with Gasteiger partial charge in [-0.25, -0.2) is 0 Å². The van der Waals surface area contributed by atoms with E-state index in [1.165, 1.54) is 51.1 Å². The van der Waals surface area contributed by atoms with E-state index in [-0.39, 0.29) is 0 Å². The zero-order valence-corrected chi connectivity index (χ0v) is 17.3. The molecule has 1 aromatic rings. The maximum absolute atomic E-state index is 4.95. The predicted octanol–water partition coefficient (Wildman–Crippen LogP) is 1.21. The molecule has 6 nitrogen and oxygen atoms in total. The fraction of sp³-hybridized carbons (Fsp3) is 0.682. The van der Waals surface area contributed by atoms with Crippen molar-refractivity contribution in [1.29, 1.82) is 0 Å². The molecule has 1 aromatic carbocycles. The van der Waals surface area contributed by atoms with Crippen LogP contribution in [0.5, 0.6) is 0 Å². The van der Waals surface area contributed by atoms with Crippen LogP contribution in [0.4, 0.5) is 0 Å². The number of hydrogen-bond donors (Lipinski definition) is 2. The topological polar surface area (TPSA) is 46.1 Å². The van der Waals surface area contributed by atoms with E-state index in [9.17, 15) is 0 Å². The van der Waals surface area contributed by atoms with Crippen LogP contribution in [-0.2, 0) is 6.54 Å². The van der Waals surface area contributed by atoms with Crippen molar-refractivity contribution in [3.63, 3.8) is 0 Å². The van der Waals surface area contributed by atoms with Crippen LogP contribution < -0.4 is 10.6 Å². The molecule has 4 fully saturated rings. The van der Waals surface area contributed by atoms with Crippen molar-refractivity contribution in [3.8, 4) is 0 Å². The summed E-state index contributed by atoms with van der Waals surface area (Å²) in [5.41, 5.74) is 1.41. The van der Waals surface area contributed by atoms with Crippen LogP contribution in [0.3, 0.4) is 0 Å². The Morgan fingerprint density at radius 2 is 1.79 bits per heavy atom. The fourth-order valence-electron chi connectivity index (χ4n) is 4.68. The van der Waals surface area contributed by atoms with Gasteiger partial charge in [-0.1, -0.05) is 30.3 Å². The predicted molar refractivity (Wildman–Crippen MR) is 116 cm³/mol. The Kier molecular flexibility index (Phi) is 6.83. The molecule has 28 heavy (non-hydrogen) atoms. The molecule has 4 heterocycles. The van der Waals surface area contributed by atoms with E-state index in [0.29, 0.717) is 12.1 Å². The lowest BCUT2D eigenvalue weighted by molar-refractivity contribution is 0.0174. The standard InChI is InChI=1S/C22H36N6/c1-2-23-22(24-16-21-18-27-12-14-28(21)15-13-27)25-20-8-10-26(11-9-20)17-19-6-4-3-5-7-19/h3-7,20-21H,2,8-18H2,1H3,(H2,23,24,25). The Balaban J connectivity index is 1.24. The molecular formula is C22H36N6. The molecule has 154 valence electrons. The summed E-state index contributed by atoms with van der Waals surface area (Å²) < 4.78 is 0. The summed E-state index contributed by atoms with van der Waals surface area (Å²) in [6.07, 6.45) is 2.36. The van der Waals surface area contributed by atoms with E-state index in [1.54, 1.807) is 0 Å². The summed E-state index contributed by atoms with van der Waals surface area (Å²) in [4.78, 5) is 12.7. The number of rotatable bonds is 6. The SMILES string of the molecule is CCNC(=NCC1CN2CCN1CC2)NC1CCN(Cc2ccccc2)CC1. The van der Waals surface area contributed by atoms with Gasteiger partial charge in [-0.05, 0) is 25.3 Å². The highest BCUT2D eigenvalue weighted by Gasteiger charge is 2.31. The third-order valence-electron chi connectivity index (χ3n) is 6.37. The number of guanidine groups is 1. The van der Waals surface area contributed by atoms with Crippen LogP contribution in [0.1, 0.15) is 25.3 Å². The van der Waals surface area contributed by atoms with Gasteiger partial charge in [0.2, 0.25) is 0 Å². The van der Waals surface area contributed by atoms with Gasteiger partial charge in [0.1, 0.15) is 0 Å². The molecule has 0 amide bonds. The molecule has 1 unspecified atom stereocenters. The van der Waals surface area contributed by atoms with E-state index in [2.05, 4.69) is 62.6 Å². The van der Waals surface area contributed by atoms with Gasteiger partial charge in [0.15, 0.2) is 5.96 Å². The van der Waals surface area contributed by atoms with Gasteiger partial charge in [-0.3, -0.25) is 19.7 Å². The molecule has 5 rings (SSSR count). The van der Waals surface area contributed by atoms with Crippen molar-refractivity contribution in [2.24, 2.45) is 4.99 Å². The van der Waals surface area contributed by atoms with Crippen LogP contribution in [0.15, 0.2) is 35.3 Å². The lowest BCUT2D eigenvalue weighted by Gasteiger charge is -2.47. The summed E-state index contributed by atoms with van der Waals surface area (Å²) in [5.74, 6) is 1.00. The minimum absolute atomic E-state index is 0.525. The molecule has 0 aliphatic carbocycles. The maximum Gasteiger partial charge on any atom is 0.191 e. The molecule has 4 saturated heterocycles. The number of piperazine rings is 3. The minimum atomic E-state index is 0.525. The lowest BCUT2D eigenvalue weighted by Crippen LogP contribution is -2.62. The molecule has 6 heteroatoms. The largest absolute Gasteiger partial charge is 0.357 e. The van der Waals surface area contributed by atoms with Gasteiger partial charge in [0.25, 0.3) is 0 Å². The van der Waals surface area contributed by atoms with E-state index in [4.69, 9.17) is 4.99 Å². The third kappa shape index (κ3) is 5.25. The Morgan fingerprint density at radius 1 is 1.04 bits per heavy atom. The first-order chi connectivity index (χ1) is 13.8. The van der Waals surface area contributed by atoms with E-state index < -0.39 is 0 Å². The second-order valence-electron chi connectivity index (χ2n) is 8.39. The molecule has 0 aromatic heterocycles. The van der Waals surface area contributed by atoms with Crippen molar-refractivity contribution < 1.29 is 0 Å². The zero-order chi connectivity index (χ0) is 19.2. The van der Waals surface area contributed by atoms with E-state index in [1.807, 2.05) is 0 Å². The van der Waals surface area contributed by atoms with Crippen molar-refractivity contribution in [3.05, 3.63) is 35.9 Å². The summed E-state index contributed by atoms with van der Waals surface area (Å²) in [6.45, 7) is 13.4. The first-order valence-corrected chi connectivity index (χ1v) is 11.1. The summed E-state index contributed by atoms with van der Waals surface area (Å²) in [6, 6.07) is 11.9. The Morgan fingerprint density at radius 3 is 2.43 bits per heavy atom. The summed E-state index contributed by atoms with van der Waals surface area (Å²) >= 11 is 0. The molecule has 0 saturated carbocycles. The monoisotopic (exact) mass is 384 g/mol. The van der Waals surface area contributed by atoms with Crippen LogP contribution in [0.2, 0.25) is 0 Å². The molecule has 0 radical (unpaired) electrons. The molecule has 2 N–H and O–H groups in total. The highest BCUT2D eigenvalue weighted by molar-refractivity contribution is 5.80. The molecule has 1 atom stereocenters. The Hall–Kier alpha value is -1.63. The first kappa shape index (κ1) is 19.7. The van der Waals surface area contributed by atoms with Gasteiger partial charge in [-0.15, -0.1) is 0 Å². The van der Waals surface area contributed by atoms with Crippen LogP contribution >= 0.6 is 0 Å². The lowest BCUT2D eigenvalue weighted by atomic mass is 10.0. The van der Waals surface area contributed by atoms with Crippen LogP contribution in [0, 0.1) is 0 Å². The average Bonchev–Trinajstić information content (AvgIpc) is 2.75. The minimum Gasteiger partial charge on any atom is -0.357 e. The molecule has 2 bridgehead atoms. The van der Waals surface area contributed by atoms with Crippen molar-refractivity contribution in [2.45, 2.75) is 38.4 Å². The number of aliphatic imine (C=N–C) groups is 1. The fourth-order valence-corrected chi connectivity index (χ4v) is 4.68. The van der Waals surface area contributed by atoms with Gasteiger partial charge in [0, 0.05) is 71.0 Å². The van der Waals surface area contributed by atoms with Crippen molar-refractivity contribution in [1.82, 2.24) is 25.3 Å². The van der Waals surface area contributed by atoms with Gasteiger partial charge in [-0.2, -0.15) is 0 Å². The summed E-state index contributed by atoms with van der Waals surface area (Å²) in [7, 11) is 0. The highest BCUT2D eigenvalue weighted by Crippen LogP contribution is 2.16. The van der Waals surface area contributed by atoms with E-state index >= 15 is 0 Å². The summed E-state index contributed by atoms with van der Waals surface area (Å²) in [5, 5.41) is 7.16. The number of likely N-dealkylation sites (tertiary alicyclic amines) is 1. The molecule has 4 aliphatic heterocycles. The number of nitrogens with zero attached hydrogens (tertiary/aromatic N) is 4. The average molecular weight is 385 g/mol.